The van der Waals surface area contributed by atoms with Crippen molar-refractivity contribution < 1.29 is 0 Å². The van der Waals surface area contributed by atoms with Crippen LogP contribution in [-0.4, -0.2) is 18.3 Å². The zero-order chi connectivity index (χ0) is 23.3. The second-order valence-electron chi connectivity index (χ2n) is 11.2. The van der Waals surface area contributed by atoms with Crippen LogP contribution in [0.4, 0.5) is 0 Å². The summed E-state index contributed by atoms with van der Waals surface area (Å²) in [6.07, 6.45) is 2.03. The van der Waals surface area contributed by atoms with Crippen molar-refractivity contribution in [1.29, 1.82) is 0 Å². The third kappa shape index (κ3) is 4.41. The fourth-order valence-electron chi connectivity index (χ4n) is 4.48. The molecule has 0 fully saturated rings. The summed E-state index contributed by atoms with van der Waals surface area (Å²) < 4.78 is 1.56. The molecule has 0 aliphatic rings. The minimum atomic E-state index is -1.85. The Kier molecular flexibility index (Phi) is 5.83. The van der Waals surface area contributed by atoms with E-state index in [4.69, 9.17) is 4.98 Å². The van der Waals surface area contributed by atoms with Gasteiger partial charge in [0, 0.05) is 0 Å². The number of benzene rings is 3. The van der Waals surface area contributed by atoms with Gasteiger partial charge in [-0.2, -0.15) is 0 Å². The van der Waals surface area contributed by atoms with Gasteiger partial charge in [0.2, 0.25) is 0 Å². The summed E-state index contributed by atoms with van der Waals surface area (Å²) in [4.78, 5) is 4.86. The second kappa shape index (κ2) is 8.19. The summed E-state index contributed by atoms with van der Waals surface area (Å²) in [5, 5.41) is 2.60. The van der Waals surface area contributed by atoms with Crippen LogP contribution < -0.4 is 4.40 Å². The average Bonchev–Trinajstić information content (AvgIpc) is 2.72. The molecule has 0 aliphatic carbocycles. The Morgan fingerprint density at radius 1 is 0.750 bits per heavy atom. The Hall–Kier alpha value is -2.39. The summed E-state index contributed by atoms with van der Waals surface area (Å²) >= 11 is -1.85. The number of aryl methyl sites for hydroxylation is 2. The third-order valence-electron chi connectivity index (χ3n) is 6.45. The van der Waals surface area contributed by atoms with E-state index in [9.17, 15) is 0 Å². The molecule has 0 saturated heterocycles. The molecule has 0 bridgehead atoms. The van der Waals surface area contributed by atoms with Crippen LogP contribution in [-0.2, 0) is 5.41 Å². The normalized spacial score (nSPS) is 12.4. The third-order valence-corrected chi connectivity index (χ3v) is 10.7. The van der Waals surface area contributed by atoms with Crippen LogP contribution in [0, 0.1) is 13.8 Å². The van der Waals surface area contributed by atoms with Crippen LogP contribution >= 0.6 is 0 Å². The molecule has 0 unspecified atom stereocenters. The van der Waals surface area contributed by atoms with Crippen molar-refractivity contribution in [2.75, 3.05) is 0 Å². The number of pyridine rings is 1. The molecule has 0 amide bonds. The number of aromatic nitrogens is 1. The first-order chi connectivity index (χ1) is 14.9. The molecule has 3 aromatic carbocycles. The fourth-order valence-corrected chi connectivity index (χ4v) is 7.07. The second-order valence-corrected chi connectivity index (χ2v) is 21.8. The van der Waals surface area contributed by atoms with E-state index in [1.165, 1.54) is 44.2 Å². The summed E-state index contributed by atoms with van der Waals surface area (Å²) in [6.45, 7) is 11.3. The Morgan fingerprint density at radius 3 is 2.12 bits per heavy atom. The molecule has 0 saturated carbocycles. The van der Waals surface area contributed by atoms with Crippen molar-refractivity contribution >= 4 is 28.4 Å². The standard InChI is InChI=1S/C30H35GeN/c1-20-15-24(31(6,7)8)13-14-25(20)27-18-29(32-19-21(27)2)23-16-22-11-9-10-12-26(22)28(17-23)30(3,4)5/h9-19H,1-8H3. The van der Waals surface area contributed by atoms with Gasteiger partial charge in [0.1, 0.15) is 0 Å². The van der Waals surface area contributed by atoms with Crippen LogP contribution in [0.3, 0.4) is 0 Å². The molecule has 0 atom stereocenters. The van der Waals surface area contributed by atoms with Gasteiger partial charge in [-0.15, -0.1) is 0 Å². The van der Waals surface area contributed by atoms with Gasteiger partial charge >= 0.3 is 191 Å². The number of nitrogens with zero attached hydrogens (tertiary/aromatic N) is 1. The zero-order valence-electron chi connectivity index (χ0n) is 20.8. The van der Waals surface area contributed by atoms with Gasteiger partial charge in [0.15, 0.2) is 0 Å². The molecule has 1 nitrogen and oxygen atoms in total. The Morgan fingerprint density at radius 2 is 1.47 bits per heavy atom. The maximum absolute atomic E-state index is 4.86. The molecular weight excluding hydrogens is 447 g/mol. The van der Waals surface area contributed by atoms with Crippen LogP contribution in [0.2, 0.25) is 17.3 Å². The van der Waals surface area contributed by atoms with Crippen molar-refractivity contribution in [2.45, 2.75) is 57.3 Å². The Bertz CT molecular complexity index is 1300. The van der Waals surface area contributed by atoms with Crippen molar-refractivity contribution in [3.05, 3.63) is 83.6 Å². The van der Waals surface area contributed by atoms with E-state index in [-0.39, 0.29) is 5.41 Å². The Labute approximate surface area is 196 Å². The van der Waals surface area contributed by atoms with E-state index in [1.807, 2.05) is 6.20 Å². The number of hydrogen-bond donors (Lipinski definition) is 0. The first-order valence-corrected chi connectivity index (χ1v) is 18.9. The number of rotatable bonds is 3. The molecule has 0 aliphatic heterocycles. The van der Waals surface area contributed by atoms with E-state index < -0.39 is 13.3 Å². The summed E-state index contributed by atoms with van der Waals surface area (Å²) in [6, 6.07) is 22.7. The van der Waals surface area contributed by atoms with Gasteiger partial charge < -0.3 is 0 Å². The van der Waals surface area contributed by atoms with E-state index in [0.717, 1.165) is 5.69 Å². The summed E-state index contributed by atoms with van der Waals surface area (Å²) in [5.74, 6) is 7.37. The van der Waals surface area contributed by atoms with Crippen LogP contribution in [0.5, 0.6) is 0 Å². The molecule has 0 spiro atoms. The van der Waals surface area contributed by atoms with E-state index >= 15 is 0 Å². The number of fused-ring (bicyclic) bond motifs is 1. The molecule has 4 aromatic rings. The molecular formula is C30H35GeN. The molecule has 1 heterocycles. The van der Waals surface area contributed by atoms with Gasteiger partial charge in [0.05, 0.1) is 0 Å². The number of hydrogen-bond acceptors (Lipinski definition) is 1. The van der Waals surface area contributed by atoms with Gasteiger partial charge in [-0.05, 0) is 0 Å². The first kappa shape index (κ1) is 22.8. The van der Waals surface area contributed by atoms with E-state index in [0.29, 0.717) is 0 Å². The molecule has 1 aromatic heterocycles. The Balaban J connectivity index is 1.88. The van der Waals surface area contributed by atoms with Crippen molar-refractivity contribution in [1.82, 2.24) is 4.98 Å². The average molecular weight is 482 g/mol. The molecule has 164 valence electrons. The van der Waals surface area contributed by atoms with Crippen LogP contribution in [0.1, 0.15) is 37.5 Å². The van der Waals surface area contributed by atoms with E-state index in [1.54, 1.807) is 4.40 Å². The molecule has 32 heavy (non-hydrogen) atoms. The molecule has 0 radical (unpaired) electrons. The SMILES string of the molecule is Cc1c[c]([Ge]([CH3])([CH3])[CH3])ccc1-c1cc(-c2cc(C(C)(C)C)c3ccccc3c2)ncc1C. The van der Waals surface area contributed by atoms with Crippen LogP contribution in [0.25, 0.3) is 33.2 Å². The van der Waals surface area contributed by atoms with E-state index in [2.05, 4.69) is 113 Å². The van der Waals surface area contributed by atoms with Crippen molar-refractivity contribution in [3.63, 3.8) is 0 Å². The topological polar surface area (TPSA) is 12.9 Å². The predicted molar refractivity (Wildman–Crippen MR) is 144 cm³/mol. The summed E-state index contributed by atoms with van der Waals surface area (Å²) in [5.41, 5.74) is 8.84. The molecule has 2 heteroatoms. The minimum absolute atomic E-state index is 0.0633. The van der Waals surface area contributed by atoms with Gasteiger partial charge in [-0.1, -0.05) is 6.07 Å². The quantitative estimate of drug-likeness (QED) is 0.270. The predicted octanol–water partition coefficient (Wildman–Crippen LogP) is 8.03. The maximum atomic E-state index is 4.86. The van der Waals surface area contributed by atoms with Crippen molar-refractivity contribution in [2.24, 2.45) is 0 Å². The molecule has 4 rings (SSSR count). The van der Waals surface area contributed by atoms with Gasteiger partial charge in [0.25, 0.3) is 0 Å². The van der Waals surface area contributed by atoms with Crippen LogP contribution in [0.15, 0.2) is 66.9 Å². The summed E-state index contributed by atoms with van der Waals surface area (Å²) in [7, 11) is 0. The fraction of sp³-hybridized carbons (Fsp3) is 0.300. The first-order valence-electron chi connectivity index (χ1n) is 11.6. The zero-order valence-corrected chi connectivity index (χ0v) is 22.9. The van der Waals surface area contributed by atoms with Gasteiger partial charge in [-0.25, -0.2) is 0 Å². The van der Waals surface area contributed by atoms with Gasteiger partial charge in [-0.3, -0.25) is 0 Å². The van der Waals surface area contributed by atoms with Crippen molar-refractivity contribution in [3.8, 4) is 22.4 Å². The molecule has 0 N–H and O–H groups in total. The monoisotopic (exact) mass is 483 g/mol.